The quantitative estimate of drug-likeness (QED) is 0.0216. The van der Waals surface area contributed by atoms with Crippen molar-refractivity contribution in [3.63, 3.8) is 0 Å². The predicted octanol–water partition coefficient (Wildman–Crippen LogP) is 9.07. The molecule has 0 aromatic heterocycles. The highest BCUT2D eigenvalue weighted by molar-refractivity contribution is 7.47. The molecule has 12 nitrogen and oxygen atoms in total. The minimum Gasteiger partial charge on any atom is -0.391 e. The van der Waals surface area contributed by atoms with Gasteiger partial charge < -0.3 is 40.8 Å². The van der Waals surface area contributed by atoms with Gasteiger partial charge in [0.1, 0.15) is 36.6 Å². The summed E-state index contributed by atoms with van der Waals surface area (Å²) in [6.07, 6.45) is 25.6. The molecular weight excluding hydrogens is 761 g/mol. The lowest BCUT2D eigenvalue weighted by Crippen LogP contribution is -2.64. The molecule has 0 saturated heterocycles. The molecule has 0 aromatic carbocycles. The number of carbonyl (C=O) groups is 1. The number of rotatable bonds is 40. The Morgan fingerprint density at radius 1 is 0.517 bits per heavy atom. The smallest absolute Gasteiger partial charge is 0.391 e. The van der Waals surface area contributed by atoms with Gasteiger partial charge in [0, 0.05) is 6.42 Å². The Bertz CT molecular complexity index is 994. The van der Waals surface area contributed by atoms with Crippen molar-refractivity contribution in [2.45, 2.75) is 275 Å². The summed E-state index contributed by atoms with van der Waals surface area (Å²) in [6, 6.07) is -1.02. The van der Waals surface area contributed by atoms with Gasteiger partial charge in [-0.1, -0.05) is 206 Å². The standard InChI is InChI=1S/C45H90NO11P/c1-3-5-7-9-11-13-15-17-19-21-23-25-27-29-31-33-35-39(48)46-37(36-56-58(54,55)57-45-43(52)41(50)40(49)42(51)44(45)53)38(47)34-32-30-28-26-24-22-20-18-16-14-12-10-8-6-4-2/h37-38,40-45,47,49-53H,3-36H2,1-2H3,(H,46,48)(H,54,55)/t37-,38+,40?,41+,42?,43?,44?,45?/m0/s1. The number of amides is 1. The maximum Gasteiger partial charge on any atom is 0.472 e. The van der Waals surface area contributed by atoms with Crippen molar-refractivity contribution < 1.29 is 53.9 Å². The topological polar surface area (TPSA) is 206 Å². The molecule has 0 spiro atoms. The van der Waals surface area contributed by atoms with Crippen molar-refractivity contribution in [2.24, 2.45) is 0 Å². The van der Waals surface area contributed by atoms with Gasteiger partial charge in [-0.2, -0.15) is 0 Å². The summed E-state index contributed by atoms with van der Waals surface area (Å²) in [4.78, 5) is 23.4. The second kappa shape index (κ2) is 35.9. The van der Waals surface area contributed by atoms with Gasteiger partial charge in [-0.3, -0.25) is 13.8 Å². The van der Waals surface area contributed by atoms with E-state index in [1.165, 1.54) is 148 Å². The summed E-state index contributed by atoms with van der Waals surface area (Å²) in [5, 5.41) is 64.2. The number of nitrogens with one attached hydrogen (secondary N) is 1. The summed E-state index contributed by atoms with van der Waals surface area (Å²) in [5.41, 5.74) is 0. The highest BCUT2D eigenvalue weighted by atomic mass is 31.2. The SMILES string of the molecule is CCCCCCCCCCCCCCCCCCC(=O)N[C@@H](COP(=O)(O)OC1C(O)C(O)C(O)[C@@H](O)C1O)[C@H](O)CCCCCCCCCCCCCCCCC. The maximum atomic E-state index is 13.0. The first-order chi connectivity index (χ1) is 27.9. The minimum atomic E-state index is -5.05. The van der Waals surface area contributed by atoms with Crippen LogP contribution in [0.1, 0.15) is 226 Å². The summed E-state index contributed by atoms with van der Waals surface area (Å²) in [6.45, 7) is 3.90. The van der Waals surface area contributed by atoms with Gasteiger partial charge in [-0.15, -0.1) is 0 Å². The summed E-state index contributed by atoms with van der Waals surface area (Å²) < 4.78 is 23.0. The van der Waals surface area contributed by atoms with Crippen molar-refractivity contribution in [3.8, 4) is 0 Å². The van der Waals surface area contributed by atoms with Gasteiger partial charge in [-0.05, 0) is 12.8 Å². The Hall–Kier alpha value is -0.660. The van der Waals surface area contributed by atoms with E-state index in [4.69, 9.17) is 9.05 Å². The Morgan fingerprint density at radius 3 is 1.19 bits per heavy atom. The van der Waals surface area contributed by atoms with Crippen LogP contribution in [0.2, 0.25) is 0 Å². The lowest BCUT2D eigenvalue weighted by molar-refractivity contribution is -0.220. The van der Waals surface area contributed by atoms with E-state index >= 15 is 0 Å². The van der Waals surface area contributed by atoms with Gasteiger partial charge in [0.15, 0.2) is 0 Å². The number of phosphoric acid groups is 1. The van der Waals surface area contributed by atoms with Crippen LogP contribution in [-0.4, -0.2) is 96.8 Å². The molecular formula is C45H90NO11P. The van der Waals surface area contributed by atoms with Crippen LogP contribution in [-0.2, 0) is 18.4 Å². The maximum absolute atomic E-state index is 13.0. The molecule has 1 aliphatic rings. The van der Waals surface area contributed by atoms with Crippen LogP contribution in [0.5, 0.6) is 0 Å². The normalized spacial score (nSPS) is 23.1. The number of unbranched alkanes of at least 4 members (excludes halogenated alkanes) is 29. The van der Waals surface area contributed by atoms with Crippen LogP contribution in [0.15, 0.2) is 0 Å². The van der Waals surface area contributed by atoms with Crippen molar-refractivity contribution in [1.29, 1.82) is 0 Å². The first-order valence-corrected chi connectivity index (χ1v) is 25.5. The van der Waals surface area contributed by atoms with E-state index in [0.717, 1.165) is 38.5 Å². The van der Waals surface area contributed by atoms with Crippen LogP contribution in [0.25, 0.3) is 0 Å². The van der Waals surface area contributed by atoms with Gasteiger partial charge >= 0.3 is 7.82 Å². The van der Waals surface area contributed by atoms with Crippen LogP contribution < -0.4 is 5.32 Å². The minimum absolute atomic E-state index is 0.243. The Balaban J connectivity index is 2.44. The molecule has 9 atom stereocenters. The van der Waals surface area contributed by atoms with Crippen LogP contribution in [0.4, 0.5) is 0 Å². The van der Waals surface area contributed by atoms with E-state index in [2.05, 4.69) is 19.2 Å². The van der Waals surface area contributed by atoms with Crippen LogP contribution in [0, 0.1) is 0 Å². The van der Waals surface area contributed by atoms with E-state index in [-0.39, 0.29) is 12.3 Å². The van der Waals surface area contributed by atoms with E-state index in [1.54, 1.807) is 0 Å². The lowest BCUT2D eigenvalue weighted by Gasteiger charge is -2.41. The molecule has 1 saturated carbocycles. The second-order valence-corrected chi connectivity index (χ2v) is 18.7. The van der Waals surface area contributed by atoms with E-state index in [9.17, 15) is 44.9 Å². The molecule has 1 fully saturated rings. The molecule has 0 aromatic rings. The molecule has 58 heavy (non-hydrogen) atoms. The number of carbonyl (C=O) groups excluding carboxylic acids is 1. The van der Waals surface area contributed by atoms with Gasteiger partial charge in [-0.25, -0.2) is 4.57 Å². The molecule has 13 heteroatoms. The molecule has 6 unspecified atom stereocenters. The summed E-state index contributed by atoms with van der Waals surface area (Å²) >= 11 is 0. The Kier molecular flexibility index (Phi) is 34.3. The van der Waals surface area contributed by atoms with Crippen LogP contribution in [0.3, 0.4) is 0 Å². The van der Waals surface area contributed by atoms with Gasteiger partial charge in [0.25, 0.3) is 0 Å². The number of hydrogen-bond acceptors (Lipinski definition) is 10. The van der Waals surface area contributed by atoms with Gasteiger partial charge in [0.2, 0.25) is 5.91 Å². The molecule has 346 valence electrons. The van der Waals surface area contributed by atoms with Crippen molar-refractivity contribution in [1.82, 2.24) is 5.32 Å². The van der Waals surface area contributed by atoms with E-state index < -0.39 is 63.2 Å². The number of phosphoric ester groups is 1. The highest BCUT2D eigenvalue weighted by Gasteiger charge is 2.51. The van der Waals surface area contributed by atoms with Crippen LogP contribution >= 0.6 is 7.82 Å². The molecule has 0 aliphatic heterocycles. The monoisotopic (exact) mass is 852 g/mol. The first-order valence-electron chi connectivity index (χ1n) is 24.0. The molecule has 1 amide bonds. The fourth-order valence-electron chi connectivity index (χ4n) is 7.97. The van der Waals surface area contributed by atoms with Crippen molar-refractivity contribution in [2.75, 3.05) is 6.61 Å². The molecule has 0 bridgehead atoms. The fraction of sp³-hybridized carbons (Fsp3) is 0.978. The predicted molar refractivity (Wildman–Crippen MR) is 232 cm³/mol. The lowest BCUT2D eigenvalue weighted by atomic mass is 9.85. The van der Waals surface area contributed by atoms with Crippen molar-refractivity contribution >= 4 is 13.7 Å². The Labute approximate surface area is 353 Å². The third kappa shape index (κ3) is 27.3. The number of hydrogen-bond donors (Lipinski definition) is 8. The molecule has 1 aliphatic carbocycles. The van der Waals surface area contributed by atoms with Gasteiger partial charge in [0.05, 0.1) is 18.8 Å². The average molecular weight is 852 g/mol. The largest absolute Gasteiger partial charge is 0.472 e. The molecule has 8 N–H and O–H groups in total. The summed E-state index contributed by atoms with van der Waals surface area (Å²) in [5.74, 6) is -0.304. The zero-order chi connectivity index (χ0) is 42.9. The third-order valence-corrected chi connectivity index (χ3v) is 12.9. The molecule has 0 radical (unpaired) electrons. The second-order valence-electron chi connectivity index (χ2n) is 17.3. The van der Waals surface area contributed by atoms with E-state index in [1.807, 2.05) is 0 Å². The summed E-state index contributed by atoms with van der Waals surface area (Å²) in [7, 11) is -5.05. The highest BCUT2D eigenvalue weighted by Crippen LogP contribution is 2.47. The zero-order valence-electron chi connectivity index (χ0n) is 36.9. The third-order valence-electron chi connectivity index (χ3n) is 11.9. The fourth-order valence-corrected chi connectivity index (χ4v) is 8.93. The number of aliphatic hydroxyl groups is 6. The Morgan fingerprint density at radius 2 is 0.828 bits per heavy atom. The molecule has 1 rings (SSSR count). The molecule has 0 heterocycles. The average Bonchev–Trinajstić information content (AvgIpc) is 3.20. The zero-order valence-corrected chi connectivity index (χ0v) is 37.8. The first kappa shape index (κ1) is 55.4. The van der Waals surface area contributed by atoms with Crippen molar-refractivity contribution in [3.05, 3.63) is 0 Å². The van der Waals surface area contributed by atoms with E-state index in [0.29, 0.717) is 19.3 Å². The number of aliphatic hydroxyl groups excluding tert-OH is 6.